The molecule has 1 aliphatic heterocycles. The van der Waals surface area contributed by atoms with Crippen LogP contribution >= 0.6 is 0 Å². The number of rotatable bonds is 6. The standard InChI is InChI=1S/C21H22F3N3O3/c1-14(2)15-3-7-17(8-4-15)27-12-11-26(20(27)29)13-19(28)25-16-5-9-18(10-6-16)30-21(22,23)24/h3-10,14H,11-13H2,1-2H3,(H,25,28). The number of ether oxygens (including phenoxy) is 1. The van der Waals surface area contributed by atoms with E-state index in [2.05, 4.69) is 23.9 Å². The van der Waals surface area contributed by atoms with Crippen LogP contribution in [0.4, 0.5) is 29.3 Å². The number of benzene rings is 2. The van der Waals surface area contributed by atoms with Crippen molar-refractivity contribution in [3.8, 4) is 5.75 Å². The molecule has 160 valence electrons. The molecule has 6 nitrogen and oxygen atoms in total. The molecular weight excluding hydrogens is 399 g/mol. The molecule has 0 radical (unpaired) electrons. The minimum atomic E-state index is -4.78. The summed E-state index contributed by atoms with van der Waals surface area (Å²) in [5.74, 6) is -0.429. The zero-order chi connectivity index (χ0) is 21.9. The maximum absolute atomic E-state index is 12.6. The van der Waals surface area contributed by atoms with Crippen molar-refractivity contribution >= 4 is 23.3 Å². The molecule has 2 aromatic rings. The summed E-state index contributed by atoms with van der Waals surface area (Å²) in [4.78, 5) is 27.9. The van der Waals surface area contributed by atoms with Crippen LogP contribution in [0.2, 0.25) is 0 Å². The Kier molecular flexibility index (Phi) is 6.19. The molecule has 30 heavy (non-hydrogen) atoms. The van der Waals surface area contributed by atoms with Gasteiger partial charge in [0.1, 0.15) is 12.3 Å². The van der Waals surface area contributed by atoms with Crippen LogP contribution in [0.3, 0.4) is 0 Å². The molecule has 0 aliphatic carbocycles. The van der Waals surface area contributed by atoms with Gasteiger partial charge in [0.25, 0.3) is 0 Å². The lowest BCUT2D eigenvalue weighted by Crippen LogP contribution is -2.37. The molecule has 1 aliphatic rings. The van der Waals surface area contributed by atoms with Gasteiger partial charge in [-0.25, -0.2) is 4.79 Å². The van der Waals surface area contributed by atoms with E-state index in [1.54, 1.807) is 4.90 Å². The number of carbonyl (C=O) groups excluding carboxylic acids is 2. The number of hydrogen-bond donors (Lipinski definition) is 1. The third kappa shape index (κ3) is 5.43. The number of nitrogens with zero attached hydrogens (tertiary/aromatic N) is 2. The summed E-state index contributed by atoms with van der Waals surface area (Å²) >= 11 is 0. The van der Waals surface area contributed by atoms with Gasteiger partial charge in [-0.05, 0) is 47.9 Å². The molecule has 1 heterocycles. The first-order valence-corrected chi connectivity index (χ1v) is 9.44. The third-order valence-corrected chi connectivity index (χ3v) is 4.67. The van der Waals surface area contributed by atoms with Gasteiger partial charge in [0.05, 0.1) is 0 Å². The molecule has 0 saturated carbocycles. The smallest absolute Gasteiger partial charge is 0.406 e. The molecule has 0 spiro atoms. The van der Waals surface area contributed by atoms with E-state index in [0.717, 1.165) is 17.8 Å². The molecule has 1 N–H and O–H groups in total. The van der Waals surface area contributed by atoms with Crippen LogP contribution < -0.4 is 15.0 Å². The predicted octanol–water partition coefficient (Wildman–Crippen LogP) is 4.59. The van der Waals surface area contributed by atoms with E-state index < -0.39 is 12.3 Å². The van der Waals surface area contributed by atoms with Gasteiger partial charge >= 0.3 is 12.4 Å². The third-order valence-electron chi connectivity index (χ3n) is 4.67. The topological polar surface area (TPSA) is 61.9 Å². The average molecular weight is 421 g/mol. The quantitative estimate of drug-likeness (QED) is 0.742. The fraction of sp³-hybridized carbons (Fsp3) is 0.333. The minimum Gasteiger partial charge on any atom is -0.406 e. The Balaban J connectivity index is 1.55. The van der Waals surface area contributed by atoms with Gasteiger partial charge in [-0.3, -0.25) is 9.69 Å². The van der Waals surface area contributed by atoms with Crippen molar-refractivity contribution in [2.75, 3.05) is 29.9 Å². The second kappa shape index (κ2) is 8.64. The molecule has 0 aromatic heterocycles. The number of carbonyl (C=O) groups is 2. The van der Waals surface area contributed by atoms with Gasteiger partial charge in [-0.1, -0.05) is 26.0 Å². The Morgan fingerprint density at radius 3 is 2.27 bits per heavy atom. The molecule has 1 saturated heterocycles. The Hall–Kier alpha value is -3.23. The highest BCUT2D eigenvalue weighted by molar-refractivity contribution is 5.99. The maximum Gasteiger partial charge on any atom is 0.573 e. The lowest BCUT2D eigenvalue weighted by Gasteiger charge is -2.19. The summed E-state index contributed by atoms with van der Waals surface area (Å²) in [6, 6.07) is 12.3. The van der Waals surface area contributed by atoms with Gasteiger partial charge < -0.3 is 15.0 Å². The fourth-order valence-electron chi connectivity index (χ4n) is 3.12. The zero-order valence-corrected chi connectivity index (χ0v) is 16.6. The number of amides is 3. The summed E-state index contributed by atoms with van der Waals surface area (Å²) in [6.07, 6.45) is -4.78. The lowest BCUT2D eigenvalue weighted by molar-refractivity contribution is -0.274. The summed E-state index contributed by atoms with van der Waals surface area (Å²) in [5, 5.41) is 2.57. The largest absolute Gasteiger partial charge is 0.573 e. The molecule has 9 heteroatoms. The number of hydrogen-bond acceptors (Lipinski definition) is 3. The highest BCUT2D eigenvalue weighted by Gasteiger charge is 2.32. The van der Waals surface area contributed by atoms with Crippen molar-refractivity contribution < 1.29 is 27.5 Å². The van der Waals surface area contributed by atoms with Crippen molar-refractivity contribution in [2.24, 2.45) is 0 Å². The number of anilines is 2. The minimum absolute atomic E-state index is 0.153. The molecular formula is C21H22F3N3O3. The normalized spacial score (nSPS) is 14.4. The van der Waals surface area contributed by atoms with Crippen LogP contribution in [0.5, 0.6) is 5.75 Å². The van der Waals surface area contributed by atoms with Crippen molar-refractivity contribution in [1.29, 1.82) is 0 Å². The second-order valence-electron chi connectivity index (χ2n) is 7.22. The van der Waals surface area contributed by atoms with Crippen molar-refractivity contribution in [3.05, 3.63) is 54.1 Å². The van der Waals surface area contributed by atoms with Gasteiger partial charge in [-0.2, -0.15) is 0 Å². The lowest BCUT2D eigenvalue weighted by atomic mass is 10.0. The predicted molar refractivity (Wildman–Crippen MR) is 107 cm³/mol. The second-order valence-corrected chi connectivity index (χ2v) is 7.22. The van der Waals surface area contributed by atoms with Gasteiger partial charge in [0.2, 0.25) is 5.91 Å². The molecule has 0 bridgehead atoms. The first-order valence-electron chi connectivity index (χ1n) is 9.44. The van der Waals surface area contributed by atoms with E-state index in [1.165, 1.54) is 22.6 Å². The molecule has 3 amide bonds. The Bertz CT molecular complexity index is 896. The molecule has 0 atom stereocenters. The summed E-state index contributed by atoms with van der Waals surface area (Å²) in [6.45, 7) is 4.90. The van der Waals surface area contributed by atoms with Crippen LogP contribution in [-0.4, -0.2) is 42.8 Å². The van der Waals surface area contributed by atoms with Crippen LogP contribution in [0.15, 0.2) is 48.5 Å². The molecule has 2 aromatic carbocycles. The number of urea groups is 1. The zero-order valence-electron chi connectivity index (χ0n) is 16.6. The highest BCUT2D eigenvalue weighted by Crippen LogP contribution is 2.25. The van der Waals surface area contributed by atoms with Gasteiger partial charge in [0.15, 0.2) is 0 Å². The van der Waals surface area contributed by atoms with Crippen molar-refractivity contribution in [1.82, 2.24) is 4.90 Å². The van der Waals surface area contributed by atoms with E-state index in [1.807, 2.05) is 24.3 Å². The Labute approximate surface area is 172 Å². The first kappa shape index (κ1) is 21.5. The number of nitrogens with one attached hydrogen (secondary N) is 1. The highest BCUT2D eigenvalue weighted by atomic mass is 19.4. The molecule has 1 fully saturated rings. The van der Waals surface area contributed by atoms with Gasteiger partial charge in [-0.15, -0.1) is 13.2 Å². The fourth-order valence-corrected chi connectivity index (χ4v) is 3.12. The Morgan fingerprint density at radius 2 is 1.70 bits per heavy atom. The van der Waals surface area contributed by atoms with E-state index >= 15 is 0 Å². The van der Waals surface area contributed by atoms with E-state index in [0.29, 0.717) is 24.7 Å². The number of halogens is 3. The van der Waals surface area contributed by atoms with Crippen LogP contribution in [0, 0.1) is 0 Å². The maximum atomic E-state index is 12.6. The summed E-state index contributed by atoms with van der Waals surface area (Å²) in [5.41, 5.74) is 2.25. The number of alkyl halides is 3. The first-order chi connectivity index (χ1) is 14.1. The molecule has 3 rings (SSSR count). The van der Waals surface area contributed by atoms with Gasteiger partial charge in [0, 0.05) is 24.5 Å². The Morgan fingerprint density at radius 1 is 1.07 bits per heavy atom. The van der Waals surface area contributed by atoms with Crippen LogP contribution in [0.25, 0.3) is 0 Å². The van der Waals surface area contributed by atoms with Crippen molar-refractivity contribution in [2.45, 2.75) is 26.1 Å². The van der Waals surface area contributed by atoms with Crippen molar-refractivity contribution in [3.63, 3.8) is 0 Å². The SMILES string of the molecule is CC(C)c1ccc(N2CCN(CC(=O)Nc3ccc(OC(F)(F)F)cc3)C2=O)cc1. The summed E-state index contributed by atoms with van der Waals surface area (Å²) in [7, 11) is 0. The summed E-state index contributed by atoms with van der Waals surface area (Å²) < 4.78 is 40.4. The van der Waals surface area contributed by atoms with E-state index in [9.17, 15) is 22.8 Å². The van der Waals surface area contributed by atoms with Crippen LogP contribution in [-0.2, 0) is 4.79 Å². The van der Waals surface area contributed by atoms with E-state index in [4.69, 9.17) is 0 Å². The monoisotopic (exact) mass is 421 g/mol. The average Bonchev–Trinajstić information content (AvgIpc) is 3.02. The molecule has 0 unspecified atom stereocenters. The van der Waals surface area contributed by atoms with Crippen LogP contribution in [0.1, 0.15) is 25.3 Å². The van der Waals surface area contributed by atoms with E-state index in [-0.39, 0.29) is 18.3 Å².